The van der Waals surface area contributed by atoms with E-state index in [1.807, 2.05) is 0 Å². The number of rotatable bonds is 2. The molecule has 0 saturated heterocycles. The van der Waals surface area contributed by atoms with Gasteiger partial charge in [0.2, 0.25) is 0 Å². The maximum Gasteiger partial charge on any atom is -1.00 e. The van der Waals surface area contributed by atoms with Gasteiger partial charge in [-0.05, 0) is 0 Å². The first-order valence-corrected chi connectivity index (χ1v) is 6.59. The topological polar surface area (TPSA) is 0 Å². The van der Waals surface area contributed by atoms with E-state index in [4.69, 9.17) is 0 Å². The molecule has 0 aromatic heterocycles. The van der Waals surface area contributed by atoms with Crippen LogP contribution in [0.4, 0.5) is 0 Å². The van der Waals surface area contributed by atoms with Crippen molar-refractivity contribution in [3.8, 4) is 0 Å². The van der Waals surface area contributed by atoms with Gasteiger partial charge in [0.05, 0.1) is 0 Å². The van der Waals surface area contributed by atoms with E-state index in [9.17, 15) is 0 Å². The van der Waals surface area contributed by atoms with Crippen LogP contribution in [0.3, 0.4) is 0 Å². The largest absolute Gasteiger partial charge is 1.00 e. The molecule has 0 fully saturated rings. The minimum atomic E-state index is -0.414. The van der Waals surface area contributed by atoms with Gasteiger partial charge in [-0.2, -0.15) is 0 Å². The van der Waals surface area contributed by atoms with Crippen molar-refractivity contribution < 1.29 is 57.2 Å². The van der Waals surface area contributed by atoms with E-state index in [0.29, 0.717) is 0 Å². The van der Waals surface area contributed by atoms with Crippen molar-refractivity contribution in [3.63, 3.8) is 0 Å². The summed E-state index contributed by atoms with van der Waals surface area (Å²) in [5.41, 5.74) is 0. The fraction of sp³-hybridized carbons (Fsp3) is 0.0909. The molecule has 0 spiro atoms. The van der Waals surface area contributed by atoms with Gasteiger partial charge in [-0.25, -0.2) is 0 Å². The Balaban J connectivity index is 0.000000845. The van der Waals surface area contributed by atoms with Gasteiger partial charge in [-0.3, -0.25) is 0 Å². The predicted molar refractivity (Wildman–Crippen MR) is 47.9 cm³/mol. The third kappa shape index (κ3) is 4.38. The van der Waals surface area contributed by atoms with Crippen LogP contribution in [0.15, 0.2) is 51.8 Å². The molecular formula is C11H10Br2Zr. The van der Waals surface area contributed by atoms with Gasteiger partial charge in [0.25, 0.3) is 0 Å². The van der Waals surface area contributed by atoms with Crippen molar-refractivity contribution in [1.29, 1.82) is 0 Å². The number of benzene rings is 1. The first-order valence-electron chi connectivity index (χ1n) is 4.13. The molecule has 0 unspecified atom stereocenters. The Hall–Kier alpha value is 0.543. The third-order valence-electron chi connectivity index (χ3n) is 1.85. The molecule has 0 radical (unpaired) electrons. The maximum atomic E-state index is 2.29. The minimum absolute atomic E-state index is 0. The van der Waals surface area contributed by atoms with Gasteiger partial charge in [-0.15, -0.1) is 0 Å². The third-order valence-corrected chi connectivity index (χ3v) is 5.08. The van der Waals surface area contributed by atoms with Gasteiger partial charge in [0, 0.05) is 0 Å². The second kappa shape index (κ2) is 7.79. The first kappa shape index (κ1) is 14.5. The molecule has 0 saturated carbocycles. The van der Waals surface area contributed by atoms with E-state index < -0.39 is 23.2 Å². The van der Waals surface area contributed by atoms with Gasteiger partial charge in [-0.1, -0.05) is 0 Å². The minimum Gasteiger partial charge on any atom is -1.00 e. The molecule has 0 amide bonds. The molecule has 0 aliphatic heterocycles. The molecule has 0 heterocycles. The summed E-state index contributed by atoms with van der Waals surface area (Å²) in [5, 5.41) is 0. The maximum absolute atomic E-state index is 2.29. The summed E-state index contributed by atoms with van der Waals surface area (Å²) in [5.74, 6) is 0. The number of allylic oxidation sites excluding steroid dienone is 4. The van der Waals surface area contributed by atoms with Crippen LogP contribution < -0.4 is 37.2 Å². The van der Waals surface area contributed by atoms with Crippen LogP contribution in [0.5, 0.6) is 0 Å². The van der Waals surface area contributed by atoms with Crippen molar-refractivity contribution in [2.24, 2.45) is 0 Å². The van der Waals surface area contributed by atoms with Crippen LogP contribution >= 0.6 is 0 Å². The molecule has 3 heteroatoms. The smallest absolute Gasteiger partial charge is 1.00 e. The van der Waals surface area contributed by atoms with E-state index in [-0.39, 0.29) is 34.0 Å². The summed E-state index contributed by atoms with van der Waals surface area (Å²) in [6.07, 6.45) is 7.93. The van der Waals surface area contributed by atoms with Gasteiger partial charge < -0.3 is 34.0 Å². The van der Waals surface area contributed by atoms with Crippen LogP contribution in [0, 0.1) is 0 Å². The molecule has 2 rings (SSSR count). The molecule has 1 aliphatic rings. The standard InChI is InChI=1S/C6H5.C5H5.2BrH.Zr/c1-2-4-6-5-3-1;1-2-4-5-3-1;;;/h1-5H;1-3H,4H2;2*1H;/q;;;;+2/p-2. The summed E-state index contributed by atoms with van der Waals surface area (Å²) in [6, 6.07) is 10.9. The molecule has 1 aliphatic carbocycles. The Bertz CT molecular complexity index is 317. The van der Waals surface area contributed by atoms with Gasteiger partial charge in [0.15, 0.2) is 0 Å². The zero-order valence-corrected chi connectivity index (χ0v) is 13.2. The van der Waals surface area contributed by atoms with Crippen molar-refractivity contribution in [3.05, 3.63) is 51.8 Å². The fourth-order valence-corrected chi connectivity index (χ4v) is 4.02. The van der Waals surface area contributed by atoms with E-state index in [1.54, 1.807) is 6.55 Å². The van der Waals surface area contributed by atoms with Crippen LogP contribution in [-0.4, -0.2) is 0 Å². The zero-order chi connectivity index (χ0) is 8.23. The molecule has 0 atom stereocenters. The monoisotopic (exact) mass is 390 g/mol. The summed E-state index contributed by atoms with van der Waals surface area (Å²) in [6.45, 7) is 0. The second-order valence-corrected chi connectivity index (χ2v) is 6.43. The number of halogens is 2. The van der Waals surface area contributed by atoms with Crippen molar-refractivity contribution >= 4 is 3.27 Å². The van der Waals surface area contributed by atoms with E-state index in [2.05, 4.69) is 48.6 Å². The summed E-state index contributed by atoms with van der Waals surface area (Å²) < 4.78 is 3.26. The molecule has 0 nitrogen and oxygen atoms in total. The van der Waals surface area contributed by atoms with E-state index in [0.717, 1.165) is 0 Å². The summed E-state index contributed by atoms with van der Waals surface area (Å²) >= 11 is -0.414. The number of hydrogen-bond donors (Lipinski definition) is 0. The van der Waals surface area contributed by atoms with E-state index >= 15 is 0 Å². The predicted octanol–water partition coefficient (Wildman–Crippen LogP) is -3.75. The van der Waals surface area contributed by atoms with Gasteiger partial charge >= 0.3 is 84.8 Å². The molecule has 72 valence electrons. The molecule has 14 heavy (non-hydrogen) atoms. The van der Waals surface area contributed by atoms with Crippen LogP contribution in [0.2, 0.25) is 0 Å². The molecule has 1 aromatic rings. The van der Waals surface area contributed by atoms with Gasteiger partial charge in [0.1, 0.15) is 0 Å². The average molecular weight is 393 g/mol. The summed E-state index contributed by atoms with van der Waals surface area (Å²) in [4.78, 5) is 0. The zero-order valence-electron chi connectivity index (χ0n) is 7.58. The van der Waals surface area contributed by atoms with Crippen LogP contribution in [0.1, 0.15) is 6.42 Å². The van der Waals surface area contributed by atoms with Crippen molar-refractivity contribution in [1.82, 2.24) is 0 Å². The average Bonchev–Trinajstić information content (AvgIpc) is 2.59. The van der Waals surface area contributed by atoms with E-state index in [1.165, 1.54) is 6.42 Å². The Morgan fingerprint density at radius 1 is 1.00 bits per heavy atom. The normalized spacial score (nSPS) is 12.1. The Morgan fingerprint density at radius 2 is 1.71 bits per heavy atom. The van der Waals surface area contributed by atoms with Crippen molar-refractivity contribution in [2.45, 2.75) is 6.42 Å². The van der Waals surface area contributed by atoms with Crippen molar-refractivity contribution in [2.75, 3.05) is 0 Å². The first-order chi connectivity index (χ1) is 5.95. The second-order valence-electron chi connectivity index (χ2n) is 2.82. The Labute approximate surface area is 118 Å². The fourth-order valence-electron chi connectivity index (χ4n) is 1.25. The number of hydrogen-bond acceptors (Lipinski definition) is 0. The Kier molecular flexibility index (Phi) is 8.09. The molecule has 0 bridgehead atoms. The van der Waals surface area contributed by atoms with Crippen LogP contribution in [-0.2, 0) is 23.2 Å². The SMILES string of the molecule is C1=CC[C]([Zr+2][c]2ccccc2)=C1.[Br-].[Br-]. The molecular weight excluding hydrogens is 383 g/mol. The molecule has 0 N–H and O–H groups in total. The van der Waals surface area contributed by atoms with Crippen LogP contribution in [0.25, 0.3) is 0 Å². The molecule has 1 aromatic carbocycles. The summed E-state index contributed by atoms with van der Waals surface area (Å²) in [7, 11) is 0. The Morgan fingerprint density at radius 3 is 2.29 bits per heavy atom. The quantitative estimate of drug-likeness (QED) is 0.485.